The Balaban J connectivity index is 2.45. The number of nitrogens with one attached hydrogen (secondary N) is 1. The molecule has 0 amide bonds. The number of rotatable bonds is 5. The molecule has 0 atom stereocenters. The molecule has 1 rings (SSSR count). The first-order valence-electron chi connectivity index (χ1n) is 5.98. The topological polar surface area (TPSA) is 29.9 Å². The van der Waals surface area contributed by atoms with E-state index in [1.807, 2.05) is 20.8 Å². The van der Waals surface area contributed by atoms with Crippen LogP contribution in [0, 0.1) is 0 Å². The third kappa shape index (κ3) is 6.05. The van der Waals surface area contributed by atoms with Gasteiger partial charge in [-0.05, 0) is 27.2 Å². The monoisotopic (exact) mass is 263 g/mol. The van der Waals surface area contributed by atoms with Gasteiger partial charge in [0.25, 0.3) is 0 Å². The molecule has 18 heavy (non-hydrogen) atoms. The van der Waals surface area contributed by atoms with E-state index in [0.29, 0.717) is 13.1 Å². The maximum atomic E-state index is 12.1. The van der Waals surface area contributed by atoms with Crippen LogP contribution in [0.4, 0.5) is 13.2 Å². The number of halogens is 3. The zero-order chi connectivity index (χ0) is 13.8. The molecule has 0 aliphatic rings. The molecule has 0 unspecified atom stereocenters. The van der Waals surface area contributed by atoms with Crippen LogP contribution in [-0.4, -0.2) is 21.3 Å². The Morgan fingerprint density at radius 2 is 1.94 bits per heavy atom. The van der Waals surface area contributed by atoms with Crippen LogP contribution in [0.2, 0.25) is 0 Å². The first-order chi connectivity index (χ1) is 8.17. The SMILES string of the molecule is CC(C)(C)NCc1cncn1CCCC(F)(F)F. The van der Waals surface area contributed by atoms with Crippen molar-refractivity contribution in [2.45, 2.75) is 58.4 Å². The average Bonchev–Trinajstić information content (AvgIpc) is 2.59. The summed E-state index contributed by atoms with van der Waals surface area (Å²) in [5.74, 6) is 0. The van der Waals surface area contributed by atoms with Crippen LogP contribution in [-0.2, 0) is 13.1 Å². The maximum absolute atomic E-state index is 12.1. The summed E-state index contributed by atoms with van der Waals surface area (Å²) in [6, 6.07) is 0. The lowest BCUT2D eigenvalue weighted by Crippen LogP contribution is -2.35. The third-order valence-electron chi connectivity index (χ3n) is 2.46. The van der Waals surface area contributed by atoms with Gasteiger partial charge in [0.05, 0.1) is 12.0 Å². The van der Waals surface area contributed by atoms with Gasteiger partial charge >= 0.3 is 6.18 Å². The highest BCUT2D eigenvalue weighted by Gasteiger charge is 2.26. The Hall–Kier alpha value is -1.04. The highest BCUT2D eigenvalue weighted by molar-refractivity contribution is 4.98. The molecule has 1 aromatic heterocycles. The molecule has 0 bridgehead atoms. The molecule has 0 saturated carbocycles. The van der Waals surface area contributed by atoms with Crippen LogP contribution in [0.15, 0.2) is 12.5 Å². The number of imidazole rings is 1. The normalized spacial score (nSPS) is 13.0. The Labute approximate surface area is 105 Å². The van der Waals surface area contributed by atoms with Crippen LogP contribution in [0.25, 0.3) is 0 Å². The minimum atomic E-state index is -4.08. The fourth-order valence-electron chi connectivity index (χ4n) is 1.50. The molecule has 1 aromatic rings. The first kappa shape index (κ1) is 15.0. The van der Waals surface area contributed by atoms with Crippen molar-refractivity contribution in [3.8, 4) is 0 Å². The summed E-state index contributed by atoms with van der Waals surface area (Å²) in [5.41, 5.74) is 0.883. The number of aromatic nitrogens is 2. The Kier molecular flexibility index (Phi) is 4.78. The van der Waals surface area contributed by atoms with E-state index < -0.39 is 12.6 Å². The fourth-order valence-corrected chi connectivity index (χ4v) is 1.50. The molecule has 0 saturated heterocycles. The van der Waals surface area contributed by atoms with Crippen LogP contribution in [0.5, 0.6) is 0 Å². The van der Waals surface area contributed by atoms with Gasteiger partial charge in [-0.25, -0.2) is 4.98 Å². The molecule has 1 N–H and O–H groups in total. The standard InChI is InChI=1S/C12H20F3N3/c1-11(2,3)17-8-10-7-16-9-18(10)6-4-5-12(13,14)15/h7,9,17H,4-6,8H2,1-3H3. The number of hydrogen-bond donors (Lipinski definition) is 1. The molecular weight excluding hydrogens is 243 g/mol. The summed E-state index contributed by atoms with van der Waals surface area (Å²) in [6.07, 6.45) is -1.48. The van der Waals surface area contributed by atoms with E-state index in [4.69, 9.17) is 0 Å². The Morgan fingerprint density at radius 1 is 1.28 bits per heavy atom. The predicted molar refractivity (Wildman–Crippen MR) is 64.1 cm³/mol. The van der Waals surface area contributed by atoms with Gasteiger partial charge in [0, 0.05) is 31.2 Å². The van der Waals surface area contributed by atoms with Gasteiger partial charge in [0.2, 0.25) is 0 Å². The van der Waals surface area contributed by atoms with Crippen LogP contribution >= 0.6 is 0 Å². The molecule has 0 aromatic carbocycles. The van der Waals surface area contributed by atoms with Crippen molar-refractivity contribution < 1.29 is 13.2 Å². The molecule has 0 fully saturated rings. The third-order valence-corrected chi connectivity index (χ3v) is 2.46. The Morgan fingerprint density at radius 3 is 2.50 bits per heavy atom. The summed E-state index contributed by atoms with van der Waals surface area (Å²) in [5, 5.41) is 3.29. The van der Waals surface area contributed by atoms with E-state index in [0.717, 1.165) is 5.69 Å². The smallest absolute Gasteiger partial charge is 0.333 e. The maximum Gasteiger partial charge on any atom is 0.389 e. The molecule has 0 aliphatic carbocycles. The van der Waals surface area contributed by atoms with E-state index in [-0.39, 0.29) is 12.0 Å². The van der Waals surface area contributed by atoms with Crippen molar-refractivity contribution >= 4 is 0 Å². The van der Waals surface area contributed by atoms with Crippen LogP contribution in [0.1, 0.15) is 39.3 Å². The summed E-state index contributed by atoms with van der Waals surface area (Å²) >= 11 is 0. The minimum Gasteiger partial charge on any atom is -0.333 e. The van der Waals surface area contributed by atoms with Gasteiger partial charge in [-0.1, -0.05) is 0 Å². The van der Waals surface area contributed by atoms with E-state index in [9.17, 15) is 13.2 Å². The number of aryl methyl sites for hydroxylation is 1. The molecular formula is C12H20F3N3. The summed E-state index contributed by atoms with van der Waals surface area (Å²) in [6.45, 7) is 7.07. The van der Waals surface area contributed by atoms with Crippen LogP contribution < -0.4 is 5.32 Å². The molecule has 6 heteroatoms. The van der Waals surface area contributed by atoms with Gasteiger partial charge in [-0.3, -0.25) is 0 Å². The Bertz CT molecular complexity index is 363. The summed E-state index contributed by atoms with van der Waals surface area (Å²) in [4.78, 5) is 3.98. The van der Waals surface area contributed by atoms with Crippen molar-refractivity contribution in [3.63, 3.8) is 0 Å². The summed E-state index contributed by atoms with van der Waals surface area (Å²) < 4.78 is 37.9. The van der Waals surface area contributed by atoms with Crippen molar-refractivity contribution in [2.75, 3.05) is 0 Å². The fraction of sp³-hybridized carbons (Fsp3) is 0.750. The first-order valence-corrected chi connectivity index (χ1v) is 5.98. The molecule has 3 nitrogen and oxygen atoms in total. The van der Waals surface area contributed by atoms with Gasteiger partial charge in [0.15, 0.2) is 0 Å². The van der Waals surface area contributed by atoms with Crippen LogP contribution in [0.3, 0.4) is 0 Å². The number of alkyl halides is 3. The van der Waals surface area contributed by atoms with Gasteiger partial charge in [-0.2, -0.15) is 13.2 Å². The molecule has 0 radical (unpaired) electrons. The minimum absolute atomic E-state index is 0.0267. The van der Waals surface area contributed by atoms with Gasteiger partial charge in [0.1, 0.15) is 0 Å². The highest BCUT2D eigenvalue weighted by Crippen LogP contribution is 2.21. The van der Waals surface area contributed by atoms with E-state index >= 15 is 0 Å². The number of hydrogen-bond acceptors (Lipinski definition) is 2. The second-order valence-corrected chi connectivity index (χ2v) is 5.40. The van der Waals surface area contributed by atoms with Gasteiger partial charge < -0.3 is 9.88 Å². The van der Waals surface area contributed by atoms with Crippen molar-refractivity contribution in [2.24, 2.45) is 0 Å². The van der Waals surface area contributed by atoms with E-state index in [2.05, 4.69) is 10.3 Å². The zero-order valence-electron chi connectivity index (χ0n) is 11.0. The second-order valence-electron chi connectivity index (χ2n) is 5.40. The van der Waals surface area contributed by atoms with Gasteiger partial charge in [-0.15, -0.1) is 0 Å². The zero-order valence-corrected chi connectivity index (χ0v) is 11.0. The molecule has 0 aliphatic heterocycles. The second kappa shape index (κ2) is 5.73. The molecule has 0 spiro atoms. The largest absolute Gasteiger partial charge is 0.389 e. The lowest BCUT2D eigenvalue weighted by atomic mass is 10.1. The van der Waals surface area contributed by atoms with E-state index in [1.54, 1.807) is 17.1 Å². The van der Waals surface area contributed by atoms with Crippen molar-refractivity contribution in [1.29, 1.82) is 0 Å². The predicted octanol–water partition coefficient (Wildman–Crippen LogP) is 3.11. The summed E-state index contributed by atoms with van der Waals surface area (Å²) in [7, 11) is 0. The number of nitrogens with zero attached hydrogens (tertiary/aromatic N) is 2. The lowest BCUT2D eigenvalue weighted by molar-refractivity contribution is -0.135. The van der Waals surface area contributed by atoms with Crippen molar-refractivity contribution in [1.82, 2.24) is 14.9 Å². The molecule has 1 heterocycles. The average molecular weight is 263 g/mol. The van der Waals surface area contributed by atoms with Crippen molar-refractivity contribution in [3.05, 3.63) is 18.2 Å². The quantitative estimate of drug-likeness (QED) is 0.884. The van der Waals surface area contributed by atoms with E-state index in [1.165, 1.54) is 0 Å². The highest BCUT2D eigenvalue weighted by atomic mass is 19.4. The molecule has 104 valence electrons. The lowest BCUT2D eigenvalue weighted by Gasteiger charge is -2.21.